The maximum atomic E-state index is 13.7. The fourth-order valence-corrected chi connectivity index (χ4v) is 7.18. The topological polar surface area (TPSA) is 65.1 Å². The van der Waals surface area contributed by atoms with Gasteiger partial charge in [-0.15, -0.1) is 0 Å². The standard InChI is InChI=1S/C29H47NO5SSi/c1-8-17-35-27(31)26(23-11-9-10-12-23)24-13-15-25(16-14-24)29(20-34-21-29)30(36(32)28(2,3)4)22-33-18-19-37(5,6)7/h8,13-16,23,26H,1,9-12,17-22H2,2-7H3. The Kier molecular flexibility index (Phi) is 10.4. The van der Waals surface area contributed by atoms with Crippen molar-refractivity contribution in [3.05, 3.63) is 48.0 Å². The molecule has 6 nitrogen and oxygen atoms in total. The normalized spacial score (nSPS) is 19.9. The monoisotopic (exact) mass is 549 g/mol. The number of esters is 1. The minimum absolute atomic E-state index is 0.174. The fourth-order valence-electron chi connectivity index (χ4n) is 5.06. The maximum absolute atomic E-state index is 13.7. The van der Waals surface area contributed by atoms with Gasteiger partial charge in [-0.25, -0.2) is 4.21 Å². The zero-order chi connectivity index (χ0) is 27.3. The van der Waals surface area contributed by atoms with E-state index in [-0.39, 0.29) is 25.2 Å². The molecule has 1 saturated heterocycles. The van der Waals surface area contributed by atoms with E-state index in [9.17, 15) is 9.00 Å². The Bertz CT molecular complexity index is 927. The molecule has 0 bridgehead atoms. The zero-order valence-corrected chi connectivity index (χ0v) is 25.5. The first-order valence-electron chi connectivity index (χ1n) is 13.6. The van der Waals surface area contributed by atoms with Crippen LogP contribution in [-0.2, 0) is 35.5 Å². The largest absolute Gasteiger partial charge is 0.461 e. The number of carbonyl (C=O) groups excluding carboxylic acids is 1. The van der Waals surface area contributed by atoms with Gasteiger partial charge in [-0.3, -0.25) is 4.79 Å². The average Bonchev–Trinajstić information content (AvgIpc) is 3.32. The highest BCUT2D eigenvalue weighted by Gasteiger charge is 2.50. The van der Waals surface area contributed by atoms with Crippen molar-refractivity contribution in [2.24, 2.45) is 5.92 Å². The molecule has 3 rings (SSSR count). The number of carbonyl (C=O) groups is 1. The molecule has 37 heavy (non-hydrogen) atoms. The van der Waals surface area contributed by atoms with Gasteiger partial charge in [0.1, 0.15) is 29.9 Å². The minimum Gasteiger partial charge on any atom is -0.461 e. The number of nitrogens with zero attached hydrogens (tertiary/aromatic N) is 1. The Morgan fingerprint density at radius 3 is 2.32 bits per heavy atom. The van der Waals surface area contributed by atoms with E-state index in [1.54, 1.807) is 6.08 Å². The van der Waals surface area contributed by atoms with Crippen LogP contribution in [0.25, 0.3) is 0 Å². The van der Waals surface area contributed by atoms with E-state index in [0.717, 1.165) is 42.9 Å². The molecule has 1 aromatic carbocycles. The fraction of sp³-hybridized carbons (Fsp3) is 0.690. The van der Waals surface area contributed by atoms with Gasteiger partial charge in [-0.2, -0.15) is 4.31 Å². The van der Waals surface area contributed by atoms with Crippen LogP contribution in [0.1, 0.15) is 63.5 Å². The van der Waals surface area contributed by atoms with Gasteiger partial charge in [0.25, 0.3) is 0 Å². The van der Waals surface area contributed by atoms with Gasteiger partial charge in [0.2, 0.25) is 0 Å². The van der Waals surface area contributed by atoms with Crippen molar-refractivity contribution in [1.29, 1.82) is 0 Å². The molecule has 1 aromatic rings. The van der Waals surface area contributed by atoms with Gasteiger partial charge in [0.05, 0.1) is 23.9 Å². The van der Waals surface area contributed by atoms with Gasteiger partial charge in [-0.1, -0.05) is 69.4 Å². The maximum Gasteiger partial charge on any atom is 0.314 e. The summed E-state index contributed by atoms with van der Waals surface area (Å²) in [7, 11) is -2.52. The Morgan fingerprint density at radius 1 is 1.22 bits per heavy atom. The molecule has 0 radical (unpaired) electrons. The zero-order valence-electron chi connectivity index (χ0n) is 23.7. The Balaban J connectivity index is 1.87. The Labute approximate surface area is 227 Å². The molecule has 2 atom stereocenters. The summed E-state index contributed by atoms with van der Waals surface area (Å²) < 4.78 is 32.7. The van der Waals surface area contributed by atoms with Crippen LogP contribution in [0, 0.1) is 5.92 Å². The van der Waals surface area contributed by atoms with Crippen molar-refractivity contribution in [2.75, 3.05) is 33.2 Å². The lowest BCUT2D eigenvalue weighted by molar-refractivity contribution is -0.145. The van der Waals surface area contributed by atoms with E-state index in [1.807, 2.05) is 25.1 Å². The predicted molar refractivity (Wildman–Crippen MR) is 154 cm³/mol. The van der Waals surface area contributed by atoms with E-state index in [0.29, 0.717) is 25.7 Å². The van der Waals surface area contributed by atoms with Gasteiger partial charge in [0.15, 0.2) is 0 Å². The molecule has 0 aromatic heterocycles. The smallest absolute Gasteiger partial charge is 0.314 e. The van der Waals surface area contributed by atoms with Crippen LogP contribution < -0.4 is 0 Å². The Morgan fingerprint density at radius 2 is 1.84 bits per heavy atom. The van der Waals surface area contributed by atoms with Crippen molar-refractivity contribution in [1.82, 2.24) is 4.31 Å². The molecule has 2 unspecified atom stereocenters. The van der Waals surface area contributed by atoms with Crippen LogP contribution in [0.4, 0.5) is 0 Å². The number of benzene rings is 1. The van der Waals surface area contributed by atoms with Crippen molar-refractivity contribution < 1.29 is 23.2 Å². The molecule has 1 aliphatic carbocycles. The Hall–Kier alpha value is -1.32. The third-order valence-electron chi connectivity index (χ3n) is 7.36. The van der Waals surface area contributed by atoms with Gasteiger partial charge >= 0.3 is 5.97 Å². The van der Waals surface area contributed by atoms with Crippen molar-refractivity contribution in [3.8, 4) is 0 Å². The van der Waals surface area contributed by atoms with Crippen LogP contribution in [0.15, 0.2) is 36.9 Å². The highest BCUT2D eigenvalue weighted by atomic mass is 32.2. The summed E-state index contributed by atoms with van der Waals surface area (Å²) in [5.41, 5.74) is 1.50. The van der Waals surface area contributed by atoms with Crippen molar-refractivity contribution >= 4 is 25.0 Å². The molecule has 0 spiro atoms. The summed E-state index contributed by atoms with van der Waals surface area (Å²) in [5.74, 6) is -0.142. The van der Waals surface area contributed by atoms with E-state index < -0.39 is 29.3 Å². The first-order valence-corrected chi connectivity index (χ1v) is 18.4. The second-order valence-corrected chi connectivity index (χ2v) is 20.5. The molecule has 1 aliphatic heterocycles. The summed E-state index contributed by atoms with van der Waals surface area (Å²) in [4.78, 5) is 13.0. The van der Waals surface area contributed by atoms with E-state index >= 15 is 0 Å². The van der Waals surface area contributed by atoms with E-state index in [2.05, 4.69) is 50.5 Å². The number of hydrogen-bond donors (Lipinski definition) is 0. The van der Waals surface area contributed by atoms with E-state index in [1.165, 1.54) is 0 Å². The van der Waals surface area contributed by atoms with Crippen LogP contribution in [0.3, 0.4) is 0 Å². The lowest BCUT2D eigenvalue weighted by Crippen LogP contribution is -2.62. The molecule has 2 aliphatic rings. The van der Waals surface area contributed by atoms with Crippen LogP contribution in [0.5, 0.6) is 0 Å². The molecule has 208 valence electrons. The summed E-state index contributed by atoms with van der Waals surface area (Å²) in [6.45, 7) is 18.8. The molecule has 0 amide bonds. The van der Waals surface area contributed by atoms with Crippen LogP contribution >= 0.6 is 0 Å². The van der Waals surface area contributed by atoms with E-state index in [4.69, 9.17) is 14.2 Å². The highest BCUT2D eigenvalue weighted by molar-refractivity contribution is 7.84. The summed E-state index contributed by atoms with van der Waals surface area (Å²) >= 11 is 0. The SMILES string of the molecule is C=CCOC(=O)C(c1ccc(C2(N(COCC[Si](C)(C)C)S(=O)C(C)(C)C)COC2)cc1)C1CCCC1. The lowest BCUT2D eigenvalue weighted by atomic mass is 9.82. The third-order valence-corrected chi connectivity index (χ3v) is 11.0. The molecule has 1 heterocycles. The molecule has 8 heteroatoms. The summed E-state index contributed by atoms with van der Waals surface area (Å²) in [6.07, 6.45) is 6.00. The lowest BCUT2D eigenvalue weighted by Gasteiger charge is -2.50. The first-order chi connectivity index (χ1) is 17.4. The van der Waals surface area contributed by atoms with Crippen LogP contribution in [-0.4, -0.2) is 60.5 Å². The van der Waals surface area contributed by atoms with Gasteiger partial charge in [-0.05, 0) is 56.7 Å². The number of ether oxygens (including phenoxy) is 3. The first kappa shape index (κ1) is 30.2. The molecular formula is C29H47NO5SSi. The average molecular weight is 550 g/mol. The quantitative estimate of drug-likeness (QED) is 0.0994. The summed E-state index contributed by atoms with van der Waals surface area (Å²) in [5, 5.41) is 0. The van der Waals surface area contributed by atoms with Crippen molar-refractivity contribution in [3.63, 3.8) is 0 Å². The predicted octanol–water partition coefficient (Wildman–Crippen LogP) is 5.99. The summed E-state index contributed by atoms with van der Waals surface area (Å²) in [6, 6.07) is 9.33. The van der Waals surface area contributed by atoms with Crippen LogP contribution in [0.2, 0.25) is 25.7 Å². The van der Waals surface area contributed by atoms with Gasteiger partial charge < -0.3 is 14.2 Å². The molecule has 2 fully saturated rings. The third kappa shape index (κ3) is 7.63. The second kappa shape index (κ2) is 12.7. The molecule has 1 saturated carbocycles. The number of rotatable bonds is 13. The molecule has 0 N–H and O–H groups in total. The number of hydrogen-bond acceptors (Lipinski definition) is 5. The molecular weight excluding hydrogens is 502 g/mol. The van der Waals surface area contributed by atoms with Gasteiger partial charge in [0, 0.05) is 14.7 Å². The highest BCUT2D eigenvalue weighted by Crippen LogP contribution is 2.42. The minimum atomic E-state index is -1.29. The second-order valence-electron chi connectivity index (χ2n) is 12.7. The van der Waals surface area contributed by atoms with Crippen molar-refractivity contribution in [2.45, 2.75) is 88.3 Å².